The Kier molecular flexibility index (Phi) is 3.44. The Morgan fingerprint density at radius 1 is 1.41 bits per heavy atom. The van der Waals surface area contributed by atoms with Crippen LogP contribution in [0, 0.1) is 0 Å². The fourth-order valence-electron chi connectivity index (χ4n) is 1.69. The SMILES string of the molecule is COc1cnn(C)c1C(N)c1cncc(Br)c1. The molecule has 6 heteroatoms. The summed E-state index contributed by atoms with van der Waals surface area (Å²) < 4.78 is 7.85. The van der Waals surface area contributed by atoms with Gasteiger partial charge in [-0.3, -0.25) is 9.67 Å². The minimum Gasteiger partial charge on any atom is -0.493 e. The number of nitrogens with zero attached hydrogens (tertiary/aromatic N) is 3. The molecule has 0 aliphatic carbocycles. The highest BCUT2D eigenvalue weighted by atomic mass is 79.9. The zero-order valence-corrected chi connectivity index (χ0v) is 11.2. The fourth-order valence-corrected chi connectivity index (χ4v) is 2.08. The third-order valence-corrected chi connectivity index (χ3v) is 2.98. The Hall–Kier alpha value is -1.40. The highest BCUT2D eigenvalue weighted by Crippen LogP contribution is 2.28. The average molecular weight is 297 g/mol. The lowest BCUT2D eigenvalue weighted by Crippen LogP contribution is -2.17. The van der Waals surface area contributed by atoms with Crippen LogP contribution in [-0.2, 0) is 7.05 Å². The Balaban J connectivity index is 2.43. The number of aryl methyl sites for hydroxylation is 1. The van der Waals surface area contributed by atoms with Gasteiger partial charge in [0.15, 0.2) is 5.75 Å². The molecule has 0 spiro atoms. The Labute approximate surface area is 108 Å². The molecule has 2 aromatic heterocycles. The highest BCUT2D eigenvalue weighted by Gasteiger charge is 2.19. The van der Waals surface area contributed by atoms with Crippen LogP contribution in [0.5, 0.6) is 5.75 Å². The lowest BCUT2D eigenvalue weighted by atomic mass is 10.1. The van der Waals surface area contributed by atoms with Gasteiger partial charge in [0.25, 0.3) is 0 Å². The van der Waals surface area contributed by atoms with Crippen LogP contribution in [0.15, 0.2) is 29.1 Å². The topological polar surface area (TPSA) is 66.0 Å². The van der Waals surface area contributed by atoms with Gasteiger partial charge in [0.05, 0.1) is 19.3 Å². The molecule has 90 valence electrons. The number of nitrogens with two attached hydrogens (primary N) is 1. The molecule has 0 saturated carbocycles. The van der Waals surface area contributed by atoms with Crippen LogP contribution in [0.25, 0.3) is 0 Å². The summed E-state index contributed by atoms with van der Waals surface area (Å²) in [5.41, 5.74) is 7.94. The summed E-state index contributed by atoms with van der Waals surface area (Å²) in [6.07, 6.45) is 5.11. The van der Waals surface area contributed by atoms with E-state index in [9.17, 15) is 0 Å². The standard InChI is InChI=1S/C11H13BrN4O/c1-16-11(9(17-2)6-15-16)10(13)7-3-8(12)5-14-4-7/h3-6,10H,13H2,1-2H3. The molecular formula is C11H13BrN4O. The summed E-state index contributed by atoms with van der Waals surface area (Å²) in [4.78, 5) is 4.10. The predicted molar refractivity (Wildman–Crippen MR) is 67.7 cm³/mol. The first-order chi connectivity index (χ1) is 8.13. The van der Waals surface area contributed by atoms with E-state index in [4.69, 9.17) is 10.5 Å². The smallest absolute Gasteiger partial charge is 0.161 e. The van der Waals surface area contributed by atoms with E-state index >= 15 is 0 Å². The number of hydrogen-bond donors (Lipinski definition) is 1. The van der Waals surface area contributed by atoms with E-state index < -0.39 is 0 Å². The van der Waals surface area contributed by atoms with Gasteiger partial charge in [0, 0.05) is 23.9 Å². The summed E-state index contributed by atoms with van der Waals surface area (Å²) in [5, 5.41) is 4.14. The van der Waals surface area contributed by atoms with Crippen molar-refractivity contribution >= 4 is 15.9 Å². The number of rotatable bonds is 3. The van der Waals surface area contributed by atoms with Crippen molar-refractivity contribution < 1.29 is 4.74 Å². The largest absolute Gasteiger partial charge is 0.493 e. The summed E-state index contributed by atoms with van der Waals surface area (Å²) in [5.74, 6) is 0.681. The molecule has 0 aliphatic rings. The van der Waals surface area contributed by atoms with Crippen molar-refractivity contribution in [3.8, 4) is 5.75 Å². The summed E-state index contributed by atoms with van der Waals surface area (Å²) in [7, 11) is 3.44. The van der Waals surface area contributed by atoms with Crippen LogP contribution in [0.3, 0.4) is 0 Å². The molecule has 0 radical (unpaired) electrons. The lowest BCUT2D eigenvalue weighted by Gasteiger charge is -2.14. The molecule has 0 amide bonds. The van der Waals surface area contributed by atoms with Gasteiger partial charge in [-0.05, 0) is 27.6 Å². The van der Waals surface area contributed by atoms with E-state index in [0.717, 1.165) is 15.7 Å². The second-order valence-corrected chi connectivity index (χ2v) is 4.55. The summed E-state index contributed by atoms with van der Waals surface area (Å²) in [6.45, 7) is 0. The van der Waals surface area contributed by atoms with Crippen molar-refractivity contribution in [1.82, 2.24) is 14.8 Å². The van der Waals surface area contributed by atoms with Gasteiger partial charge < -0.3 is 10.5 Å². The van der Waals surface area contributed by atoms with Crippen LogP contribution < -0.4 is 10.5 Å². The van der Waals surface area contributed by atoms with Crippen LogP contribution in [0.4, 0.5) is 0 Å². The summed E-state index contributed by atoms with van der Waals surface area (Å²) >= 11 is 3.38. The maximum absolute atomic E-state index is 6.21. The molecule has 0 fully saturated rings. The van der Waals surface area contributed by atoms with Crippen LogP contribution >= 0.6 is 15.9 Å². The van der Waals surface area contributed by atoms with Gasteiger partial charge in [-0.1, -0.05) is 0 Å². The normalized spacial score (nSPS) is 12.5. The molecule has 2 N–H and O–H groups in total. The van der Waals surface area contributed by atoms with Crippen molar-refractivity contribution in [2.24, 2.45) is 12.8 Å². The van der Waals surface area contributed by atoms with Crippen molar-refractivity contribution in [3.63, 3.8) is 0 Å². The van der Waals surface area contributed by atoms with Crippen molar-refractivity contribution in [1.29, 1.82) is 0 Å². The number of halogens is 1. The van der Waals surface area contributed by atoms with Gasteiger partial charge in [0.2, 0.25) is 0 Å². The molecule has 0 bridgehead atoms. The minimum atomic E-state index is -0.317. The third-order valence-electron chi connectivity index (χ3n) is 2.55. The van der Waals surface area contributed by atoms with E-state index in [1.165, 1.54) is 0 Å². The summed E-state index contributed by atoms with van der Waals surface area (Å²) in [6, 6.07) is 1.62. The average Bonchev–Trinajstić information content (AvgIpc) is 2.69. The Morgan fingerprint density at radius 2 is 2.18 bits per heavy atom. The van der Waals surface area contributed by atoms with E-state index in [-0.39, 0.29) is 6.04 Å². The van der Waals surface area contributed by atoms with Crippen molar-refractivity contribution in [2.75, 3.05) is 7.11 Å². The number of ether oxygens (including phenoxy) is 1. The number of aromatic nitrogens is 3. The third kappa shape index (κ3) is 2.32. The second-order valence-electron chi connectivity index (χ2n) is 3.64. The van der Waals surface area contributed by atoms with Gasteiger partial charge in [-0.2, -0.15) is 5.10 Å². The molecule has 1 unspecified atom stereocenters. The molecule has 1 atom stereocenters. The number of hydrogen-bond acceptors (Lipinski definition) is 4. The fraction of sp³-hybridized carbons (Fsp3) is 0.273. The van der Waals surface area contributed by atoms with Gasteiger partial charge in [-0.15, -0.1) is 0 Å². The molecule has 2 heterocycles. The molecule has 0 aliphatic heterocycles. The maximum Gasteiger partial charge on any atom is 0.161 e. The van der Waals surface area contributed by atoms with Crippen LogP contribution in [0.2, 0.25) is 0 Å². The molecule has 17 heavy (non-hydrogen) atoms. The zero-order chi connectivity index (χ0) is 12.4. The first-order valence-electron chi connectivity index (χ1n) is 5.05. The quantitative estimate of drug-likeness (QED) is 0.935. The van der Waals surface area contributed by atoms with Crippen molar-refractivity contribution in [3.05, 3.63) is 40.4 Å². The van der Waals surface area contributed by atoms with Crippen LogP contribution in [0.1, 0.15) is 17.3 Å². The van der Waals surface area contributed by atoms with E-state index in [0.29, 0.717) is 5.75 Å². The van der Waals surface area contributed by atoms with E-state index in [1.807, 2.05) is 13.1 Å². The van der Waals surface area contributed by atoms with Gasteiger partial charge in [0.1, 0.15) is 5.69 Å². The minimum absolute atomic E-state index is 0.317. The molecule has 2 rings (SSSR count). The predicted octanol–water partition coefficient (Wildman–Crippen LogP) is 1.63. The molecule has 0 saturated heterocycles. The monoisotopic (exact) mass is 296 g/mol. The second kappa shape index (κ2) is 4.85. The maximum atomic E-state index is 6.21. The number of methoxy groups -OCH3 is 1. The molecule has 0 aromatic carbocycles. The Morgan fingerprint density at radius 3 is 2.82 bits per heavy atom. The molecular weight excluding hydrogens is 284 g/mol. The van der Waals surface area contributed by atoms with E-state index in [1.54, 1.807) is 30.4 Å². The van der Waals surface area contributed by atoms with Crippen LogP contribution in [-0.4, -0.2) is 21.9 Å². The lowest BCUT2D eigenvalue weighted by molar-refractivity contribution is 0.406. The van der Waals surface area contributed by atoms with Gasteiger partial charge in [-0.25, -0.2) is 0 Å². The number of pyridine rings is 1. The zero-order valence-electron chi connectivity index (χ0n) is 9.59. The van der Waals surface area contributed by atoms with Crippen molar-refractivity contribution in [2.45, 2.75) is 6.04 Å². The molecule has 5 nitrogen and oxygen atoms in total. The Bertz CT molecular complexity index is 526. The first-order valence-corrected chi connectivity index (χ1v) is 5.84. The molecule has 2 aromatic rings. The van der Waals surface area contributed by atoms with E-state index in [2.05, 4.69) is 26.0 Å². The highest BCUT2D eigenvalue weighted by molar-refractivity contribution is 9.10. The van der Waals surface area contributed by atoms with Gasteiger partial charge >= 0.3 is 0 Å². The first kappa shape index (κ1) is 12.1.